The molecule has 2 nitrogen and oxygen atoms in total. The first-order valence-corrected chi connectivity index (χ1v) is 8.97. The molecule has 0 aromatic rings. The van der Waals surface area contributed by atoms with Gasteiger partial charge in [-0.2, -0.15) is 11.8 Å². The largest absolute Gasteiger partial charge is 0.303 e. The third-order valence-corrected chi connectivity index (χ3v) is 5.18. The van der Waals surface area contributed by atoms with Crippen LogP contribution >= 0.6 is 11.8 Å². The van der Waals surface area contributed by atoms with Gasteiger partial charge in [-0.05, 0) is 62.2 Å². The number of rotatable bonds is 6. The van der Waals surface area contributed by atoms with E-state index < -0.39 is 0 Å². The van der Waals surface area contributed by atoms with Crippen LogP contribution in [0.25, 0.3) is 0 Å². The van der Waals surface area contributed by atoms with Crippen molar-refractivity contribution in [3.63, 3.8) is 0 Å². The van der Waals surface area contributed by atoms with Crippen LogP contribution in [0.3, 0.4) is 0 Å². The maximum absolute atomic E-state index is 2.67. The molecule has 2 aliphatic rings. The molecule has 2 aliphatic heterocycles. The van der Waals surface area contributed by atoms with Crippen molar-refractivity contribution in [3.05, 3.63) is 0 Å². The molecular formula is C15H30N2S. The van der Waals surface area contributed by atoms with E-state index in [2.05, 4.69) is 29.9 Å². The van der Waals surface area contributed by atoms with Gasteiger partial charge in [-0.3, -0.25) is 0 Å². The standard InChI is InChI=1S/C15H30N2S/c1-14(2)11-16-8-5-15(6-9-16)12-17(13-15)7-4-10-18-3/h14H,4-13H2,1-3H3. The summed E-state index contributed by atoms with van der Waals surface area (Å²) >= 11 is 1.98. The number of piperidine rings is 1. The summed E-state index contributed by atoms with van der Waals surface area (Å²) in [6.07, 6.45) is 6.47. The number of likely N-dealkylation sites (tertiary alicyclic amines) is 2. The quantitative estimate of drug-likeness (QED) is 0.685. The van der Waals surface area contributed by atoms with Gasteiger partial charge in [-0.1, -0.05) is 13.8 Å². The average molecular weight is 270 g/mol. The Labute approximate surface area is 117 Å². The number of hydrogen-bond acceptors (Lipinski definition) is 3. The molecule has 0 saturated carbocycles. The first-order valence-electron chi connectivity index (χ1n) is 7.57. The summed E-state index contributed by atoms with van der Waals surface area (Å²) in [5.41, 5.74) is 0.715. The van der Waals surface area contributed by atoms with Gasteiger partial charge in [0.1, 0.15) is 0 Å². The van der Waals surface area contributed by atoms with E-state index in [0.717, 1.165) is 5.92 Å². The molecule has 106 valence electrons. The minimum atomic E-state index is 0.715. The van der Waals surface area contributed by atoms with E-state index >= 15 is 0 Å². The maximum Gasteiger partial charge on any atom is 0.00514 e. The van der Waals surface area contributed by atoms with Crippen molar-refractivity contribution >= 4 is 11.8 Å². The predicted octanol–water partition coefficient (Wildman–Crippen LogP) is 2.79. The van der Waals surface area contributed by atoms with E-state index in [0.29, 0.717) is 5.41 Å². The van der Waals surface area contributed by atoms with Gasteiger partial charge in [0.15, 0.2) is 0 Å². The molecule has 0 radical (unpaired) electrons. The lowest BCUT2D eigenvalue weighted by Crippen LogP contribution is -2.60. The van der Waals surface area contributed by atoms with Crippen molar-refractivity contribution in [2.75, 3.05) is 51.3 Å². The number of hydrogen-bond donors (Lipinski definition) is 0. The number of thioether (sulfide) groups is 1. The van der Waals surface area contributed by atoms with Gasteiger partial charge in [-0.15, -0.1) is 0 Å². The highest BCUT2D eigenvalue weighted by atomic mass is 32.2. The summed E-state index contributed by atoms with van der Waals surface area (Å²) in [4.78, 5) is 5.35. The fraction of sp³-hybridized carbons (Fsp3) is 1.00. The predicted molar refractivity (Wildman–Crippen MR) is 82.4 cm³/mol. The molecule has 0 bridgehead atoms. The average Bonchev–Trinajstić information content (AvgIpc) is 2.29. The van der Waals surface area contributed by atoms with Gasteiger partial charge in [0.05, 0.1) is 0 Å². The topological polar surface area (TPSA) is 6.48 Å². The normalized spacial score (nSPS) is 24.7. The zero-order chi connectivity index (χ0) is 13.0. The van der Waals surface area contributed by atoms with Crippen molar-refractivity contribution in [1.82, 2.24) is 9.80 Å². The van der Waals surface area contributed by atoms with Crippen LogP contribution in [0.2, 0.25) is 0 Å². The van der Waals surface area contributed by atoms with Crippen LogP contribution in [-0.2, 0) is 0 Å². The molecule has 18 heavy (non-hydrogen) atoms. The monoisotopic (exact) mass is 270 g/mol. The Morgan fingerprint density at radius 1 is 1.11 bits per heavy atom. The van der Waals surface area contributed by atoms with Gasteiger partial charge in [0, 0.05) is 19.6 Å². The maximum atomic E-state index is 2.67. The third-order valence-electron chi connectivity index (χ3n) is 4.48. The third kappa shape index (κ3) is 3.88. The second-order valence-electron chi connectivity index (χ2n) is 6.75. The molecule has 0 N–H and O–H groups in total. The minimum absolute atomic E-state index is 0.715. The highest BCUT2D eigenvalue weighted by Gasteiger charge is 2.44. The van der Waals surface area contributed by atoms with E-state index in [1.54, 1.807) is 0 Å². The molecule has 0 aromatic carbocycles. The fourth-order valence-corrected chi connectivity index (χ4v) is 3.95. The Balaban J connectivity index is 1.62. The van der Waals surface area contributed by atoms with Crippen molar-refractivity contribution < 1.29 is 0 Å². The van der Waals surface area contributed by atoms with E-state index in [1.807, 2.05) is 11.8 Å². The molecule has 0 aliphatic carbocycles. The minimum Gasteiger partial charge on any atom is -0.303 e. The number of nitrogens with zero attached hydrogens (tertiary/aromatic N) is 2. The lowest BCUT2D eigenvalue weighted by molar-refractivity contribution is -0.0473. The van der Waals surface area contributed by atoms with E-state index in [1.165, 1.54) is 64.3 Å². The first kappa shape index (κ1) is 14.7. The second kappa shape index (κ2) is 6.62. The van der Waals surface area contributed by atoms with E-state index in [9.17, 15) is 0 Å². The van der Waals surface area contributed by atoms with Gasteiger partial charge >= 0.3 is 0 Å². The molecule has 2 heterocycles. The highest BCUT2D eigenvalue weighted by molar-refractivity contribution is 7.98. The van der Waals surface area contributed by atoms with Crippen LogP contribution in [0.4, 0.5) is 0 Å². The Kier molecular flexibility index (Phi) is 5.40. The zero-order valence-corrected chi connectivity index (χ0v) is 13.3. The second-order valence-corrected chi connectivity index (χ2v) is 7.74. The van der Waals surface area contributed by atoms with Gasteiger partial charge in [0.2, 0.25) is 0 Å². The molecule has 2 fully saturated rings. The molecule has 0 amide bonds. The Hall–Kier alpha value is 0.270. The summed E-state index contributed by atoms with van der Waals surface area (Å²) in [6.45, 7) is 12.8. The summed E-state index contributed by atoms with van der Waals surface area (Å²) < 4.78 is 0. The SMILES string of the molecule is CSCCCN1CC2(CCN(CC(C)C)CC2)C1. The lowest BCUT2D eigenvalue weighted by Gasteiger charge is -2.54. The highest BCUT2D eigenvalue weighted by Crippen LogP contribution is 2.40. The molecule has 0 atom stereocenters. The van der Waals surface area contributed by atoms with Crippen LogP contribution in [0.15, 0.2) is 0 Å². The molecule has 1 spiro atoms. The molecule has 0 aromatic heterocycles. The summed E-state index contributed by atoms with van der Waals surface area (Å²) in [7, 11) is 0. The van der Waals surface area contributed by atoms with Crippen LogP contribution < -0.4 is 0 Å². The van der Waals surface area contributed by atoms with Crippen molar-refractivity contribution in [3.8, 4) is 0 Å². The van der Waals surface area contributed by atoms with Gasteiger partial charge < -0.3 is 9.80 Å². The molecule has 3 heteroatoms. The van der Waals surface area contributed by atoms with Crippen LogP contribution in [0.5, 0.6) is 0 Å². The van der Waals surface area contributed by atoms with Gasteiger partial charge in [-0.25, -0.2) is 0 Å². The van der Waals surface area contributed by atoms with Crippen LogP contribution in [0, 0.1) is 11.3 Å². The zero-order valence-electron chi connectivity index (χ0n) is 12.5. The van der Waals surface area contributed by atoms with Crippen molar-refractivity contribution in [1.29, 1.82) is 0 Å². The van der Waals surface area contributed by atoms with Crippen LogP contribution in [-0.4, -0.2) is 61.1 Å². The summed E-state index contributed by atoms with van der Waals surface area (Å²) in [5, 5.41) is 0. The van der Waals surface area contributed by atoms with Gasteiger partial charge in [0.25, 0.3) is 0 Å². The fourth-order valence-electron chi connectivity index (χ4n) is 3.54. The molecule has 2 rings (SSSR count). The van der Waals surface area contributed by atoms with Crippen LogP contribution in [0.1, 0.15) is 33.1 Å². The summed E-state index contributed by atoms with van der Waals surface area (Å²) in [5.74, 6) is 2.15. The lowest BCUT2D eigenvalue weighted by atomic mass is 9.72. The summed E-state index contributed by atoms with van der Waals surface area (Å²) in [6, 6.07) is 0. The first-order chi connectivity index (χ1) is 8.63. The van der Waals surface area contributed by atoms with Crippen molar-refractivity contribution in [2.24, 2.45) is 11.3 Å². The Morgan fingerprint density at radius 2 is 1.78 bits per heavy atom. The van der Waals surface area contributed by atoms with Crippen molar-refractivity contribution in [2.45, 2.75) is 33.1 Å². The van der Waals surface area contributed by atoms with E-state index in [-0.39, 0.29) is 0 Å². The van der Waals surface area contributed by atoms with E-state index in [4.69, 9.17) is 0 Å². The Bertz CT molecular complexity index is 239. The smallest absolute Gasteiger partial charge is 0.00514 e. The molecular weight excluding hydrogens is 240 g/mol. The molecule has 0 unspecified atom stereocenters. The molecule has 2 saturated heterocycles. The Morgan fingerprint density at radius 3 is 2.33 bits per heavy atom.